The van der Waals surface area contributed by atoms with Crippen LogP contribution in [0.15, 0.2) is 23.8 Å². The van der Waals surface area contributed by atoms with Gasteiger partial charge in [-0.3, -0.25) is 4.79 Å². The van der Waals surface area contributed by atoms with Gasteiger partial charge in [0.05, 0.1) is 28.8 Å². The van der Waals surface area contributed by atoms with E-state index in [9.17, 15) is 25.2 Å². The summed E-state index contributed by atoms with van der Waals surface area (Å²) in [5.74, 6) is -3.92. The van der Waals surface area contributed by atoms with Gasteiger partial charge in [-0.25, -0.2) is 0 Å². The number of Topliss-reactive ketones (excluding diaryl/α,β-unsaturated/α-hetero) is 1. The van der Waals surface area contributed by atoms with Crippen molar-refractivity contribution >= 4 is 5.78 Å². The molecule has 1 unspecified atom stereocenters. The van der Waals surface area contributed by atoms with Crippen molar-refractivity contribution in [2.45, 2.75) is 81.3 Å². The minimum Gasteiger partial charge on any atom is -0.390 e. The van der Waals surface area contributed by atoms with Crippen molar-refractivity contribution < 1.29 is 39.4 Å². The maximum atomic E-state index is 13.0. The number of ether oxygens (including phenoxy) is 3. The lowest BCUT2D eigenvalue weighted by atomic mass is 9.46. The van der Waals surface area contributed by atoms with E-state index < -0.39 is 76.8 Å². The molecule has 164 valence electrons. The van der Waals surface area contributed by atoms with E-state index in [2.05, 4.69) is 0 Å². The molecule has 0 aromatic carbocycles. The highest BCUT2D eigenvalue weighted by atomic mass is 16.7. The predicted molar refractivity (Wildman–Crippen MR) is 101 cm³/mol. The zero-order chi connectivity index (χ0) is 21.6. The van der Waals surface area contributed by atoms with Crippen LogP contribution < -0.4 is 0 Å². The molecule has 3 aliphatic heterocycles. The summed E-state index contributed by atoms with van der Waals surface area (Å²) < 4.78 is 17.4. The van der Waals surface area contributed by atoms with E-state index >= 15 is 0 Å². The van der Waals surface area contributed by atoms with Crippen LogP contribution in [0.5, 0.6) is 0 Å². The molecular weight excluding hydrogens is 392 g/mol. The monoisotopic (exact) mass is 420 g/mol. The smallest absolute Gasteiger partial charge is 0.205 e. The Labute approximate surface area is 174 Å². The number of epoxide rings is 2. The second-order valence-electron chi connectivity index (χ2n) is 10.9. The van der Waals surface area contributed by atoms with Gasteiger partial charge in [0.2, 0.25) is 5.79 Å². The average molecular weight is 420 g/mol. The first-order valence-electron chi connectivity index (χ1n) is 10.6. The fourth-order valence-electron chi connectivity index (χ4n) is 6.90. The molecule has 0 amide bonds. The standard InChI is InChI=1S/C22H28O8/c1-19(2,26)5-6-21-9-7-8-10(13(24)16-15(28-16)12(8)23)11(21)14(25)17-18(29-17)22(21,27)30-20(9,3)4/h5-7,9-11,13-18,24-27H,1-4H3/b6-5+/t9-,10-,11-,13-,14-,15-,16+,17+,18+,21?,22+/m1/s1. The lowest BCUT2D eigenvalue weighted by molar-refractivity contribution is -0.281. The lowest BCUT2D eigenvalue weighted by Gasteiger charge is -2.56. The Morgan fingerprint density at radius 3 is 2.50 bits per heavy atom. The maximum Gasteiger partial charge on any atom is 0.205 e. The van der Waals surface area contributed by atoms with Crippen molar-refractivity contribution in [3.63, 3.8) is 0 Å². The van der Waals surface area contributed by atoms with E-state index in [0.29, 0.717) is 5.57 Å². The SMILES string of the molecule is CC(C)(O)/C=C/C12[C@H]3[C@@H](O)[C@@H]4O[C@@H]4[C@]1(O)OC(C)(C)[C@H]2C=C1C(=O)[C@H]2O[C@H]2[C@H](O)[C@H]13. The molecule has 0 aromatic rings. The van der Waals surface area contributed by atoms with Crippen LogP contribution in [0.1, 0.15) is 27.7 Å². The summed E-state index contributed by atoms with van der Waals surface area (Å²) in [6.45, 7) is 6.92. The topological polar surface area (TPSA) is 132 Å². The summed E-state index contributed by atoms with van der Waals surface area (Å²) in [5, 5.41) is 44.7. The molecule has 11 atom stereocenters. The molecule has 3 heterocycles. The molecule has 8 heteroatoms. The largest absolute Gasteiger partial charge is 0.390 e. The molecule has 6 rings (SSSR count). The molecule has 0 spiro atoms. The molecule has 30 heavy (non-hydrogen) atoms. The number of hydrogen-bond acceptors (Lipinski definition) is 8. The summed E-state index contributed by atoms with van der Waals surface area (Å²) in [5.41, 5.74) is -2.84. The van der Waals surface area contributed by atoms with Crippen LogP contribution in [0.2, 0.25) is 0 Å². The van der Waals surface area contributed by atoms with E-state index in [0.717, 1.165) is 0 Å². The summed E-state index contributed by atoms with van der Waals surface area (Å²) >= 11 is 0. The number of carbonyl (C=O) groups excluding carboxylic acids is 1. The van der Waals surface area contributed by atoms with Gasteiger partial charge in [0.25, 0.3) is 0 Å². The average Bonchev–Trinajstić information content (AvgIpc) is 3.51. The maximum absolute atomic E-state index is 13.0. The molecule has 2 saturated carbocycles. The van der Waals surface area contributed by atoms with Crippen LogP contribution in [-0.2, 0) is 19.0 Å². The van der Waals surface area contributed by atoms with Crippen LogP contribution in [0.4, 0.5) is 0 Å². The number of rotatable bonds is 2. The van der Waals surface area contributed by atoms with Crippen molar-refractivity contribution in [2.24, 2.45) is 23.2 Å². The van der Waals surface area contributed by atoms with Crippen molar-refractivity contribution in [2.75, 3.05) is 0 Å². The van der Waals surface area contributed by atoms with E-state index in [-0.39, 0.29) is 5.78 Å². The predicted octanol–water partition coefficient (Wildman–Crippen LogP) is -0.561. The van der Waals surface area contributed by atoms with Crippen molar-refractivity contribution in [1.29, 1.82) is 0 Å². The quantitative estimate of drug-likeness (QED) is 0.345. The molecule has 4 N–H and O–H groups in total. The first kappa shape index (κ1) is 19.5. The Balaban J connectivity index is 1.63. The fraction of sp³-hybridized carbons (Fsp3) is 0.773. The third-order valence-corrected chi connectivity index (χ3v) is 8.10. The molecule has 0 bridgehead atoms. The zero-order valence-electron chi connectivity index (χ0n) is 17.4. The van der Waals surface area contributed by atoms with Gasteiger partial charge in [-0.1, -0.05) is 18.2 Å². The van der Waals surface area contributed by atoms with Crippen molar-refractivity contribution in [3.05, 3.63) is 23.8 Å². The minimum atomic E-state index is -1.77. The fourth-order valence-corrected chi connectivity index (χ4v) is 6.90. The first-order chi connectivity index (χ1) is 13.8. The Morgan fingerprint density at radius 2 is 1.83 bits per heavy atom. The van der Waals surface area contributed by atoms with Gasteiger partial charge in [-0.2, -0.15) is 0 Å². The van der Waals surface area contributed by atoms with E-state index in [1.165, 1.54) is 0 Å². The summed E-state index contributed by atoms with van der Waals surface area (Å²) in [6, 6.07) is 0. The molecular formula is C22H28O8. The van der Waals surface area contributed by atoms with Gasteiger partial charge in [0.15, 0.2) is 5.78 Å². The number of ketones is 1. The normalized spacial score (nSPS) is 57.3. The van der Waals surface area contributed by atoms with Crippen LogP contribution in [-0.4, -0.2) is 79.8 Å². The molecule has 8 nitrogen and oxygen atoms in total. The van der Waals surface area contributed by atoms with Crippen LogP contribution >= 0.6 is 0 Å². The van der Waals surface area contributed by atoms with E-state index in [4.69, 9.17) is 14.2 Å². The Morgan fingerprint density at radius 1 is 1.13 bits per heavy atom. The van der Waals surface area contributed by atoms with Gasteiger partial charge in [-0.15, -0.1) is 0 Å². The van der Waals surface area contributed by atoms with E-state index in [1.54, 1.807) is 32.1 Å². The van der Waals surface area contributed by atoms with Crippen LogP contribution in [0, 0.1) is 23.2 Å². The molecule has 0 radical (unpaired) electrons. The highest BCUT2D eigenvalue weighted by Crippen LogP contribution is 2.72. The highest BCUT2D eigenvalue weighted by molar-refractivity contribution is 6.03. The minimum absolute atomic E-state index is 0.173. The second-order valence-corrected chi connectivity index (χ2v) is 10.9. The van der Waals surface area contributed by atoms with Gasteiger partial charge in [0.1, 0.15) is 24.4 Å². The van der Waals surface area contributed by atoms with Crippen LogP contribution in [0.25, 0.3) is 0 Å². The molecule has 3 saturated heterocycles. The number of aliphatic hydroxyl groups is 4. The highest BCUT2D eigenvalue weighted by Gasteiger charge is 2.84. The Hall–Kier alpha value is -1.13. The van der Waals surface area contributed by atoms with Gasteiger partial charge in [0, 0.05) is 23.3 Å². The summed E-state index contributed by atoms with van der Waals surface area (Å²) in [6.07, 6.45) is 0.494. The summed E-state index contributed by atoms with van der Waals surface area (Å²) in [7, 11) is 0. The van der Waals surface area contributed by atoms with Gasteiger partial charge >= 0.3 is 0 Å². The molecule has 0 aromatic heterocycles. The van der Waals surface area contributed by atoms with E-state index in [1.807, 2.05) is 13.8 Å². The number of carbonyl (C=O) groups is 1. The first-order valence-corrected chi connectivity index (χ1v) is 10.6. The van der Waals surface area contributed by atoms with Crippen LogP contribution in [0.3, 0.4) is 0 Å². The van der Waals surface area contributed by atoms with Gasteiger partial charge < -0.3 is 34.6 Å². The second kappa shape index (κ2) is 5.26. The number of aliphatic hydroxyl groups excluding tert-OH is 2. The lowest BCUT2D eigenvalue weighted by Crippen LogP contribution is -2.68. The number of fused-ring (bicyclic) bond motifs is 5. The van der Waals surface area contributed by atoms with Crippen molar-refractivity contribution in [1.82, 2.24) is 0 Å². The molecule has 3 aliphatic carbocycles. The van der Waals surface area contributed by atoms with Crippen molar-refractivity contribution in [3.8, 4) is 0 Å². The molecule has 6 aliphatic rings. The van der Waals surface area contributed by atoms with Gasteiger partial charge in [-0.05, 0) is 27.7 Å². The summed E-state index contributed by atoms with van der Waals surface area (Å²) in [4.78, 5) is 13.0. The molecule has 5 fully saturated rings. The zero-order valence-corrected chi connectivity index (χ0v) is 17.4. The third-order valence-electron chi connectivity index (χ3n) is 8.10. The number of hydrogen-bond donors (Lipinski definition) is 4. The Bertz CT molecular complexity index is 901. The third kappa shape index (κ3) is 2.09. The Kier molecular flexibility index (Phi) is 3.43.